The van der Waals surface area contributed by atoms with Crippen molar-refractivity contribution in [3.05, 3.63) is 58.8 Å². The van der Waals surface area contributed by atoms with E-state index < -0.39 is 17.1 Å². The summed E-state index contributed by atoms with van der Waals surface area (Å²) >= 11 is 0. The molecule has 76 valence electrons. The van der Waals surface area contributed by atoms with Gasteiger partial charge in [0.05, 0.1) is 11.9 Å². The molecular formula is C10H6F2N2O. The van der Waals surface area contributed by atoms with Crippen molar-refractivity contribution >= 4 is 0 Å². The van der Waals surface area contributed by atoms with E-state index in [1.807, 2.05) is 0 Å². The number of hydrogen-bond acceptors (Lipinski definition) is 2. The molecule has 2 aromatic rings. The third-order valence-corrected chi connectivity index (χ3v) is 1.90. The van der Waals surface area contributed by atoms with Gasteiger partial charge in [-0.25, -0.2) is 8.78 Å². The molecule has 2 rings (SSSR count). The third kappa shape index (κ3) is 1.76. The van der Waals surface area contributed by atoms with E-state index in [9.17, 15) is 13.6 Å². The normalized spacial score (nSPS) is 10.3. The zero-order valence-electron chi connectivity index (χ0n) is 7.52. The fraction of sp³-hybridized carbons (Fsp3) is 0. The van der Waals surface area contributed by atoms with Crippen LogP contribution in [0.2, 0.25) is 0 Å². The summed E-state index contributed by atoms with van der Waals surface area (Å²) < 4.78 is 27.3. The number of rotatable bonds is 1. The lowest BCUT2D eigenvalue weighted by Crippen LogP contribution is -2.09. The minimum absolute atomic E-state index is 0.143. The molecule has 5 heteroatoms. The molecule has 0 spiro atoms. The first-order chi connectivity index (χ1) is 7.18. The van der Waals surface area contributed by atoms with Crippen LogP contribution in [0.15, 0.2) is 41.7 Å². The van der Waals surface area contributed by atoms with Crippen molar-refractivity contribution in [2.75, 3.05) is 0 Å². The van der Waals surface area contributed by atoms with Crippen LogP contribution in [0.1, 0.15) is 0 Å². The number of nitrogens with zero attached hydrogens (tertiary/aromatic N) is 2. The molecule has 0 aromatic carbocycles. The minimum atomic E-state index is -0.922. The van der Waals surface area contributed by atoms with Crippen molar-refractivity contribution in [2.24, 2.45) is 0 Å². The first-order valence-corrected chi connectivity index (χ1v) is 4.16. The van der Waals surface area contributed by atoms with Gasteiger partial charge >= 0.3 is 0 Å². The van der Waals surface area contributed by atoms with Crippen LogP contribution in [0.25, 0.3) is 5.69 Å². The lowest BCUT2D eigenvalue weighted by molar-refractivity contribution is 0.591. The van der Waals surface area contributed by atoms with E-state index in [1.54, 1.807) is 0 Å². The Morgan fingerprint density at radius 3 is 2.67 bits per heavy atom. The molecule has 0 saturated carbocycles. The molecule has 0 bridgehead atoms. The van der Waals surface area contributed by atoms with Crippen molar-refractivity contribution in [3.8, 4) is 5.69 Å². The Labute approximate surface area is 83.6 Å². The van der Waals surface area contributed by atoms with Gasteiger partial charge in [-0.2, -0.15) is 0 Å². The zero-order valence-corrected chi connectivity index (χ0v) is 7.52. The summed E-state index contributed by atoms with van der Waals surface area (Å²) in [5.41, 5.74) is -0.579. The van der Waals surface area contributed by atoms with Crippen molar-refractivity contribution in [3.63, 3.8) is 0 Å². The first kappa shape index (κ1) is 9.51. The summed E-state index contributed by atoms with van der Waals surface area (Å²) in [5.74, 6) is -1.51. The average molecular weight is 208 g/mol. The van der Waals surface area contributed by atoms with Gasteiger partial charge in [0.1, 0.15) is 0 Å². The molecule has 0 unspecified atom stereocenters. The lowest BCUT2D eigenvalue weighted by atomic mass is 10.3. The van der Waals surface area contributed by atoms with Crippen molar-refractivity contribution < 1.29 is 8.78 Å². The summed E-state index contributed by atoms with van der Waals surface area (Å²) in [6.07, 6.45) is 4.63. The molecule has 0 aliphatic heterocycles. The van der Waals surface area contributed by atoms with E-state index in [1.165, 1.54) is 23.0 Å². The Kier molecular flexibility index (Phi) is 2.29. The van der Waals surface area contributed by atoms with E-state index in [0.29, 0.717) is 0 Å². The second-order valence-electron chi connectivity index (χ2n) is 2.89. The summed E-state index contributed by atoms with van der Waals surface area (Å²) in [6, 6.07) is 2.43. The van der Waals surface area contributed by atoms with Gasteiger partial charge < -0.3 is 4.57 Å². The highest BCUT2D eigenvalue weighted by Gasteiger charge is 2.04. The Balaban J connectivity index is 2.60. The summed E-state index contributed by atoms with van der Waals surface area (Å²) in [7, 11) is 0. The third-order valence-electron chi connectivity index (χ3n) is 1.90. The molecule has 3 nitrogen and oxygen atoms in total. The van der Waals surface area contributed by atoms with Gasteiger partial charge in [0.25, 0.3) is 0 Å². The molecule has 0 amide bonds. The maximum atomic E-state index is 13.2. The van der Waals surface area contributed by atoms with Crippen LogP contribution in [0.4, 0.5) is 8.78 Å². The Hall–Kier alpha value is -2.04. The molecule has 0 fully saturated rings. The van der Waals surface area contributed by atoms with Gasteiger partial charge in [0.2, 0.25) is 5.43 Å². The molecule has 0 aliphatic carbocycles. The highest BCUT2D eigenvalue weighted by Crippen LogP contribution is 2.10. The van der Waals surface area contributed by atoms with E-state index in [-0.39, 0.29) is 5.69 Å². The monoisotopic (exact) mass is 208 g/mol. The molecule has 15 heavy (non-hydrogen) atoms. The van der Waals surface area contributed by atoms with Crippen LogP contribution < -0.4 is 5.43 Å². The molecule has 2 aromatic heterocycles. The van der Waals surface area contributed by atoms with Gasteiger partial charge in [-0.15, -0.1) is 0 Å². The van der Waals surface area contributed by atoms with Crippen LogP contribution in [0.5, 0.6) is 0 Å². The molecule has 0 saturated heterocycles. The van der Waals surface area contributed by atoms with Gasteiger partial charge in [-0.3, -0.25) is 9.78 Å². The highest BCUT2D eigenvalue weighted by atomic mass is 19.1. The summed E-state index contributed by atoms with van der Waals surface area (Å²) in [4.78, 5) is 14.4. The van der Waals surface area contributed by atoms with Crippen LogP contribution in [-0.4, -0.2) is 9.55 Å². The van der Waals surface area contributed by atoms with Crippen molar-refractivity contribution in [1.82, 2.24) is 9.55 Å². The average Bonchev–Trinajstić information content (AvgIpc) is 2.23. The summed E-state index contributed by atoms with van der Waals surface area (Å²) in [5, 5.41) is 0. The molecule has 0 radical (unpaired) electrons. The van der Waals surface area contributed by atoms with E-state index >= 15 is 0 Å². The molecular weight excluding hydrogens is 202 g/mol. The van der Waals surface area contributed by atoms with Crippen LogP contribution >= 0.6 is 0 Å². The van der Waals surface area contributed by atoms with Crippen LogP contribution in [0.3, 0.4) is 0 Å². The second-order valence-corrected chi connectivity index (χ2v) is 2.89. The predicted molar refractivity (Wildman–Crippen MR) is 49.8 cm³/mol. The fourth-order valence-corrected chi connectivity index (χ4v) is 1.18. The maximum absolute atomic E-state index is 13.2. The second kappa shape index (κ2) is 3.61. The number of pyridine rings is 2. The van der Waals surface area contributed by atoms with Gasteiger partial charge in [0, 0.05) is 24.7 Å². The number of halogens is 2. The Morgan fingerprint density at radius 2 is 2.00 bits per heavy atom. The van der Waals surface area contributed by atoms with Gasteiger partial charge in [-0.05, 0) is 6.07 Å². The first-order valence-electron chi connectivity index (χ1n) is 4.16. The molecule has 0 N–H and O–H groups in total. The number of aromatic nitrogens is 2. The standard InChI is InChI=1S/C10H6F2N2O/c11-7-5-13-3-1-9(7)14-4-2-10(15)8(12)6-14/h1-6H. The predicted octanol–water partition coefficient (Wildman–Crippen LogP) is 1.51. The van der Waals surface area contributed by atoms with E-state index in [0.717, 1.165) is 18.5 Å². The van der Waals surface area contributed by atoms with Crippen LogP contribution in [0, 0.1) is 11.6 Å². The van der Waals surface area contributed by atoms with Crippen molar-refractivity contribution in [1.29, 1.82) is 0 Å². The van der Waals surface area contributed by atoms with E-state index in [4.69, 9.17) is 0 Å². The SMILES string of the molecule is O=c1ccn(-c2ccncc2F)cc1F. The minimum Gasteiger partial charge on any atom is -0.318 e. The molecule has 2 heterocycles. The quantitative estimate of drug-likeness (QED) is 0.712. The zero-order chi connectivity index (χ0) is 10.8. The topological polar surface area (TPSA) is 34.9 Å². The molecule has 0 atom stereocenters. The smallest absolute Gasteiger partial charge is 0.217 e. The summed E-state index contributed by atoms with van der Waals surface area (Å²) in [6.45, 7) is 0. The molecule has 0 aliphatic rings. The number of hydrogen-bond donors (Lipinski definition) is 0. The fourth-order valence-electron chi connectivity index (χ4n) is 1.18. The highest BCUT2D eigenvalue weighted by molar-refractivity contribution is 5.31. The van der Waals surface area contributed by atoms with E-state index in [2.05, 4.69) is 4.98 Å². The largest absolute Gasteiger partial charge is 0.318 e. The van der Waals surface area contributed by atoms with Crippen LogP contribution in [-0.2, 0) is 0 Å². The van der Waals surface area contributed by atoms with Gasteiger partial charge in [0.15, 0.2) is 11.6 Å². The van der Waals surface area contributed by atoms with Gasteiger partial charge in [-0.1, -0.05) is 0 Å². The maximum Gasteiger partial charge on any atom is 0.217 e. The lowest BCUT2D eigenvalue weighted by Gasteiger charge is -2.06. The Morgan fingerprint density at radius 1 is 1.20 bits per heavy atom. The van der Waals surface area contributed by atoms with Crippen molar-refractivity contribution in [2.45, 2.75) is 0 Å². The Bertz CT molecular complexity index is 551.